The molecule has 0 fully saturated rings. The van der Waals surface area contributed by atoms with Crippen LogP contribution in [0.2, 0.25) is 0 Å². The summed E-state index contributed by atoms with van der Waals surface area (Å²) >= 11 is 1.46. The van der Waals surface area contributed by atoms with Crippen molar-refractivity contribution in [2.75, 3.05) is 37.5 Å². The first-order valence-electron chi connectivity index (χ1n) is 8.83. The minimum Gasteiger partial charge on any atom is -0.383 e. The smallest absolute Gasteiger partial charge is 0.259 e. The van der Waals surface area contributed by atoms with Gasteiger partial charge in [0, 0.05) is 31.8 Å². The molecule has 0 radical (unpaired) electrons. The van der Waals surface area contributed by atoms with Gasteiger partial charge in [0.05, 0.1) is 24.1 Å². The summed E-state index contributed by atoms with van der Waals surface area (Å²) in [6, 6.07) is 17.1. The van der Waals surface area contributed by atoms with Crippen LogP contribution in [-0.2, 0) is 4.74 Å². The van der Waals surface area contributed by atoms with E-state index in [0.29, 0.717) is 23.0 Å². The SMILES string of the molecule is COCCN(C)c1ccc(NC(=O)c2cccnc2Sc2ccccc2)nc1. The molecule has 2 aromatic heterocycles. The van der Waals surface area contributed by atoms with Gasteiger partial charge < -0.3 is 15.0 Å². The molecule has 0 unspecified atom stereocenters. The summed E-state index contributed by atoms with van der Waals surface area (Å²) in [5.41, 5.74) is 1.47. The fourth-order valence-corrected chi connectivity index (χ4v) is 3.37. The van der Waals surface area contributed by atoms with Crippen LogP contribution >= 0.6 is 11.8 Å². The molecule has 7 heteroatoms. The molecule has 0 saturated carbocycles. The molecule has 1 N–H and O–H groups in total. The minimum atomic E-state index is -0.237. The molecule has 2 heterocycles. The number of benzene rings is 1. The third kappa shape index (κ3) is 5.31. The van der Waals surface area contributed by atoms with Gasteiger partial charge in [-0.05, 0) is 36.4 Å². The van der Waals surface area contributed by atoms with E-state index in [-0.39, 0.29) is 5.91 Å². The second-order valence-corrected chi connectivity index (χ2v) is 7.10. The third-order valence-corrected chi connectivity index (χ3v) is 5.06. The van der Waals surface area contributed by atoms with Gasteiger partial charge in [-0.3, -0.25) is 4.79 Å². The lowest BCUT2D eigenvalue weighted by Crippen LogP contribution is -2.22. The summed E-state index contributed by atoms with van der Waals surface area (Å²) < 4.78 is 5.09. The van der Waals surface area contributed by atoms with Crippen LogP contribution in [-0.4, -0.2) is 43.2 Å². The number of hydrogen-bond acceptors (Lipinski definition) is 6. The molecule has 0 aliphatic heterocycles. The summed E-state index contributed by atoms with van der Waals surface area (Å²) in [4.78, 5) is 24.5. The number of ether oxygens (including phenoxy) is 1. The van der Waals surface area contributed by atoms with Gasteiger partial charge in [-0.15, -0.1) is 0 Å². The number of nitrogens with one attached hydrogen (secondary N) is 1. The van der Waals surface area contributed by atoms with Crippen molar-refractivity contribution in [3.8, 4) is 0 Å². The molecule has 3 rings (SSSR count). The molecule has 0 saturated heterocycles. The molecule has 144 valence electrons. The number of nitrogens with zero attached hydrogens (tertiary/aromatic N) is 3. The zero-order valence-electron chi connectivity index (χ0n) is 15.8. The van der Waals surface area contributed by atoms with E-state index in [9.17, 15) is 4.79 Å². The highest BCUT2D eigenvalue weighted by Gasteiger charge is 2.14. The van der Waals surface area contributed by atoms with Crippen molar-refractivity contribution >= 4 is 29.2 Å². The van der Waals surface area contributed by atoms with Gasteiger partial charge in [0.1, 0.15) is 10.8 Å². The number of aromatic nitrogens is 2. The van der Waals surface area contributed by atoms with Crippen LogP contribution in [0.4, 0.5) is 11.5 Å². The Morgan fingerprint density at radius 1 is 1.11 bits per heavy atom. The number of pyridine rings is 2. The molecule has 3 aromatic rings. The summed E-state index contributed by atoms with van der Waals surface area (Å²) in [7, 11) is 3.64. The highest BCUT2D eigenvalue weighted by atomic mass is 32.2. The number of carbonyl (C=O) groups excluding carboxylic acids is 1. The van der Waals surface area contributed by atoms with Gasteiger partial charge in [-0.25, -0.2) is 9.97 Å². The fraction of sp³-hybridized carbons (Fsp3) is 0.190. The average molecular weight is 395 g/mol. The lowest BCUT2D eigenvalue weighted by atomic mass is 10.2. The maximum atomic E-state index is 12.8. The van der Waals surface area contributed by atoms with Crippen LogP contribution in [0.3, 0.4) is 0 Å². The number of methoxy groups -OCH3 is 1. The summed E-state index contributed by atoms with van der Waals surface area (Å²) in [6.45, 7) is 1.40. The van der Waals surface area contributed by atoms with Crippen LogP contribution in [0.25, 0.3) is 0 Å². The van der Waals surface area contributed by atoms with Crippen molar-refractivity contribution in [2.45, 2.75) is 9.92 Å². The molecule has 0 atom stereocenters. The van der Waals surface area contributed by atoms with Crippen LogP contribution in [0.5, 0.6) is 0 Å². The van der Waals surface area contributed by atoms with E-state index in [0.717, 1.165) is 17.1 Å². The van der Waals surface area contributed by atoms with Gasteiger partial charge in [-0.1, -0.05) is 30.0 Å². The van der Waals surface area contributed by atoms with Crippen molar-refractivity contribution in [3.05, 3.63) is 72.6 Å². The predicted molar refractivity (Wildman–Crippen MR) is 112 cm³/mol. The number of rotatable bonds is 8. The molecular weight excluding hydrogens is 372 g/mol. The Balaban J connectivity index is 1.70. The van der Waals surface area contributed by atoms with E-state index >= 15 is 0 Å². The monoisotopic (exact) mass is 394 g/mol. The highest BCUT2D eigenvalue weighted by molar-refractivity contribution is 7.99. The highest BCUT2D eigenvalue weighted by Crippen LogP contribution is 2.28. The minimum absolute atomic E-state index is 0.237. The van der Waals surface area contributed by atoms with E-state index in [1.807, 2.05) is 48.3 Å². The standard InChI is InChI=1S/C21H22N4O2S/c1-25(13-14-27-2)16-10-11-19(23-15-16)24-20(26)18-9-6-12-22-21(18)28-17-7-4-3-5-8-17/h3-12,15H,13-14H2,1-2H3,(H,23,24,26). The molecule has 6 nitrogen and oxygen atoms in total. The quantitative estimate of drug-likeness (QED) is 0.624. The first kappa shape index (κ1) is 19.9. The van der Waals surface area contributed by atoms with Crippen LogP contribution in [0, 0.1) is 0 Å². The first-order valence-corrected chi connectivity index (χ1v) is 9.64. The second kappa shape index (κ2) is 9.87. The Labute approximate surface area is 169 Å². The maximum Gasteiger partial charge on any atom is 0.259 e. The third-order valence-electron chi connectivity index (χ3n) is 4.03. The second-order valence-electron chi connectivity index (χ2n) is 6.04. The van der Waals surface area contributed by atoms with Crippen molar-refractivity contribution < 1.29 is 9.53 Å². The summed E-state index contributed by atoms with van der Waals surface area (Å²) in [5.74, 6) is 0.257. The summed E-state index contributed by atoms with van der Waals surface area (Å²) in [5, 5.41) is 3.50. The first-order chi connectivity index (χ1) is 13.7. The Kier molecular flexibility index (Phi) is 7.00. The predicted octanol–water partition coefficient (Wildman–Crippen LogP) is 3.96. The van der Waals surface area contributed by atoms with Crippen LogP contribution in [0.15, 0.2) is 76.9 Å². The Bertz CT molecular complexity index is 904. The van der Waals surface area contributed by atoms with Crippen LogP contribution < -0.4 is 10.2 Å². The molecule has 1 amide bonds. The Hall–Kier alpha value is -2.90. The van der Waals surface area contributed by atoms with Crippen molar-refractivity contribution in [3.63, 3.8) is 0 Å². The molecule has 0 bridgehead atoms. The Morgan fingerprint density at radius 2 is 1.93 bits per heavy atom. The van der Waals surface area contributed by atoms with Gasteiger partial charge >= 0.3 is 0 Å². The normalized spacial score (nSPS) is 10.5. The van der Waals surface area contributed by atoms with E-state index in [1.54, 1.807) is 37.7 Å². The zero-order chi connectivity index (χ0) is 19.8. The van der Waals surface area contributed by atoms with Gasteiger partial charge in [-0.2, -0.15) is 0 Å². The van der Waals surface area contributed by atoms with Gasteiger partial charge in [0.25, 0.3) is 5.91 Å². The maximum absolute atomic E-state index is 12.8. The number of hydrogen-bond donors (Lipinski definition) is 1. The van der Waals surface area contributed by atoms with E-state index in [1.165, 1.54) is 11.8 Å². The zero-order valence-corrected chi connectivity index (χ0v) is 16.6. The number of amides is 1. The molecule has 1 aromatic carbocycles. The largest absolute Gasteiger partial charge is 0.383 e. The number of anilines is 2. The molecule has 0 aliphatic rings. The lowest BCUT2D eigenvalue weighted by Gasteiger charge is -2.18. The molecular formula is C21H22N4O2S. The Morgan fingerprint density at radius 3 is 2.64 bits per heavy atom. The van der Waals surface area contributed by atoms with Crippen molar-refractivity contribution in [1.82, 2.24) is 9.97 Å². The van der Waals surface area contributed by atoms with E-state index in [2.05, 4.69) is 15.3 Å². The number of likely N-dealkylation sites (N-methyl/N-ethyl adjacent to an activating group) is 1. The molecule has 0 aliphatic carbocycles. The van der Waals surface area contributed by atoms with Gasteiger partial charge in [0.15, 0.2) is 0 Å². The number of carbonyl (C=O) groups is 1. The van der Waals surface area contributed by atoms with Crippen LogP contribution in [0.1, 0.15) is 10.4 Å². The van der Waals surface area contributed by atoms with Crippen molar-refractivity contribution in [1.29, 1.82) is 0 Å². The molecule has 0 spiro atoms. The summed E-state index contributed by atoms with van der Waals surface area (Å²) in [6.07, 6.45) is 3.42. The van der Waals surface area contributed by atoms with Crippen molar-refractivity contribution in [2.24, 2.45) is 0 Å². The topological polar surface area (TPSA) is 67.3 Å². The van der Waals surface area contributed by atoms with Gasteiger partial charge in [0.2, 0.25) is 0 Å². The van der Waals surface area contributed by atoms with E-state index in [4.69, 9.17) is 4.74 Å². The fourth-order valence-electron chi connectivity index (χ4n) is 2.47. The van der Waals surface area contributed by atoms with E-state index < -0.39 is 0 Å². The molecule has 28 heavy (non-hydrogen) atoms. The lowest BCUT2D eigenvalue weighted by molar-refractivity contribution is 0.102. The average Bonchev–Trinajstić information content (AvgIpc) is 2.73.